The van der Waals surface area contributed by atoms with Crippen LogP contribution in [0.3, 0.4) is 0 Å². The summed E-state index contributed by atoms with van der Waals surface area (Å²) < 4.78 is 2.07. The Labute approximate surface area is 115 Å². The van der Waals surface area contributed by atoms with Gasteiger partial charge in [-0.2, -0.15) is 0 Å². The van der Waals surface area contributed by atoms with Crippen LogP contribution in [0.15, 0.2) is 24.5 Å². The van der Waals surface area contributed by atoms with E-state index in [2.05, 4.69) is 47.8 Å². The van der Waals surface area contributed by atoms with Gasteiger partial charge in [-0.05, 0) is 37.5 Å². The van der Waals surface area contributed by atoms with Crippen LogP contribution in [0.2, 0.25) is 0 Å². The molecule has 0 fully saturated rings. The van der Waals surface area contributed by atoms with Gasteiger partial charge in [0.15, 0.2) is 0 Å². The van der Waals surface area contributed by atoms with Gasteiger partial charge in [-0.1, -0.05) is 17.7 Å². The largest absolute Gasteiger partial charge is 0.338 e. The number of hydrogen-bond donors (Lipinski definition) is 1. The molecule has 3 nitrogen and oxygen atoms in total. The van der Waals surface area contributed by atoms with Crippen molar-refractivity contribution in [3.63, 3.8) is 0 Å². The van der Waals surface area contributed by atoms with Crippen molar-refractivity contribution in [1.29, 1.82) is 0 Å². The standard InChI is InChI=1S/C16H23N3/c1-12-9-13(2)15(14(3)10-12)11-17-6-5-16-18-7-8-19(16)4/h7-10,17H,5-6,11H2,1-4H3. The van der Waals surface area contributed by atoms with Crippen LogP contribution in [0.4, 0.5) is 0 Å². The van der Waals surface area contributed by atoms with Gasteiger partial charge in [0.05, 0.1) is 0 Å². The highest BCUT2D eigenvalue weighted by molar-refractivity contribution is 5.37. The molecule has 102 valence electrons. The molecule has 0 radical (unpaired) electrons. The van der Waals surface area contributed by atoms with E-state index in [1.165, 1.54) is 22.3 Å². The van der Waals surface area contributed by atoms with Crippen molar-refractivity contribution in [2.45, 2.75) is 33.7 Å². The predicted octanol–water partition coefficient (Wildman–Crippen LogP) is 2.68. The molecule has 0 saturated heterocycles. The second-order valence-corrected chi connectivity index (χ2v) is 5.26. The van der Waals surface area contributed by atoms with E-state index in [0.29, 0.717) is 0 Å². The molecule has 1 aromatic heterocycles. The summed E-state index contributed by atoms with van der Waals surface area (Å²) in [5.41, 5.74) is 5.51. The highest BCUT2D eigenvalue weighted by atomic mass is 15.0. The summed E-state index contributed by atoms with van der Waals surface area (Å²) in [6, 6.07) is 4.51. The first-order valence-electron chi connectivity index (χ1n) is 6.81. The Morgan fingerprint density at radius 2 is 1.84 bits per heavy atom. The maximum absolute atomic E-state index is 4.33. The minimum absolute atomic E-state index is 0.933. The smallest absolute Gasteiger partial charge is 0.109 e. The minimum Gasteiger partial charge on any atom is -0.338 e. The van der Waals surface area contributed by atoms with Crippen molar-refractivity contribution in [2.24, 2.45) is 7.05 Å². The fourth-order valence-electron chi connectivity index (χ4n) is 2.54. The molecule has 2 aromatic rings. The molecule has 0 amide bonds. The average molecular weight is 257 g/mol. The van der Waals surface area contributed by atoms with E-state index >= 15 is 0 Å². The van der Waals surface area contributed by atoms with Crippen LogP contribution in [-0.2, 0) is 20.0 Å². The zero-order valence-electron chi connectivity index (χ0n) is 12.3. The molecule has 0 bridgehead atoms. The number of nitrogens with zero attached hydrogens (tertiary/aromatic N) is 2. The number of aromatic nitrogens is 2. The van der Waals surface area contributed by atoms with Gasteiger partial charge < -0.3 is 9.88 Å². The summed E-state index contributed by atoms with van der Waals surface area (Å²) in [4.78, 5) is 4.33. The van der Waals surface area contributed by atoms with Crippen molar-refractivity contribution in [3.05, 3.63) is 52.6 Å². The molecule has 0 atom stereocenters. The van der Waals surface area contributed by atoms with Crippen LogP contribution in [0, 0.1) is 20.8 Å². The highest BCUT2D eigenvalue weighted by Gasteiger charge is 2.04. The molecule has 3 heteroatoms. The lowest BCUT2D eigenvalue weighted by Gasteiger charge is -2.12. The Kier molecular flexibility index (Phi) is 4.38. The van der Waals surface area contributed by atoms with Crippen molar-refractivity contribution in [2.75, 3.05) is 6.54 Å². The Hall–Kier alpha value is -1.61. The van der Waals surface area contributed by atoms with Crippen LogP contribution >= 0.6 is 0 Å². The fraction of sp³-hybridized carbons (Fsp3) is 0.438. The van der Waals surface area contributed by atoms with Crippen molar-refractivity contribution in [3.8, 4) is 0 Å². The van der Waals surface area contributed by atoms with Gasteiger partial charge in [-0.15, -0.1) is 0 Å². The van der Waals surface area contributed by atoms with Crippen molar-refractivity contribution >= 4 is 0 Å². The van der Waals surface area contributed by atoms with Crippen LogP contribution in [0.1, 0.15) is 28.1 Å². The van der Waals surface area contributed by atoms with Gasteiger partial charge in [0, 0.05) is 39.0 Å². The van der Waals surface area contributed by atoms with E-state index in [1.54, 1.807) is 0 Å². The van der Waals surface area contributed by atoms with Crippen LogP contribution in [0.5, 0.6) is 0 Å². The second-order valence-electron chi connectivity index (χ2n) is 5.26. The van der Waals surface area contributed by atoms with Crippen LogP contribution in [-0.4, -0.2) is 16.1 Å². The second kappa shape index (κ2) is 6.02. The van der Waals surface area contributed by atoms with Gasteiger partial charge in [0.2, 0.25) is 0 Å². The predicted molar refractivity (Wildman–Crippen MR) is 79.3 cm³/mol. The molecule has 19 heavy (non-hydrogen) atoms. The van der Waals surface area contributed by atoms with Gasteiger partial charge in [0.1, 0.15) is 5.82 Å². The number of benzene rings is 1. The number of aryl methyl sites for hydroxylation is 4. The lowest BCUT2D eigenvalue weighted by Crippen LogP contribution is -2.19. The maximum atomic E-state index is 4.33. The molecule has 1 aromatic carbocycles. The Balaban J connectivity index is 1.88. The number of nitrogens with one attached hydrogen (secondary N) is 1. The molecule has 0 unspecified atom stereocenters. The zero-order chi connectivity index (χ0) is 13.8. The van der Waals surface area contributed by atoms with Gasteiger partial charge in [0.25, 0.3) is 0 Å². The minimum atomic E-state index is 0.933. The van der Waals surface area contributed by atoms with Gasteiger partial charge in [-0.25, -0.2) is 4.98 Å². The molecule has 0 spiro atoms. The molecule has 0 saturated carbocycles. The zero-order valence-corrected chi connectivity index (χ0v) is 12.3. The molecule has 1 N–H and O–H groups in total. The molecule has 2 rings (SSSR count). The van der Waals surface area contributed by atoms with E-state index in [4.69, 9.17) is 0 Å². The molecular weight excluding hydrogens is 234 g/mol. The van der Waals surface area contributed by atoms with E-state index < -0.39 is 0 Å². The van der Waals surface area contributed by atoms with E-state index in [1.807, 2.05) is 19.4 Å². The molecule has 0 aliphatic rings. The topological polar surface area (TPSA) is 29.9 Å². The summed E-state index contributed by atoms with van der Waals surface area (Å²) in [5.74, 6) is 1.13. The Morgan fingerprint density at radius 3 is 2.42 bits per heavy atom. The third-order valence-electron chi connectivity index (χ3n) is 3.59. The van der Waals surface area contributed by atoms with Crippen LogP contribution in [0.25, 0.3) is 0 Å². The monoisotopic (exact) mass is 257 g/mol. The molecule has 0 aliphatic heterocycles. The molecule has 1 heterocycles. The fourth-order valence-corrected chi connectivity index (χ4v) is 2.54. The number of rotatable bonds is 5. The maximum Gasteiger partial charge on any atom is 0.109 e. The lowest BCUT2D eigenvalue weighted by molar-refractivity contribution is 0.651. The summed E-state index contributed by atoms with van der Waals surface area (Å²) >= 11 is 0. The van der Waals surface area contributed by atoms with Crippen molar-refractivity contribution < 1.29 is 0 Å². The molecular formula is C16H23N3. The van der Waals surface area contributed by atoms with E-state index in [9.17, 15) is 0 Å². The summed E-state index contributed by atoms with van der Waals surface area (Å²) in [6.45, 7) is 8.42. The average Bonchev–Trinajstić information content (AvgIpc) is 2.73. The summed E-state index contributed by atoms with van der Waals surface area (Å²) in [6.07, 6.45) is 4.81. The summed E-state index contributed by atoms with van der Waals surface area (Å²) in [7, 11) is 2.04. The molecule has 0 aliphatic carbocycles. The first-order chi connectivity index (χ1) is 9.08. The number of hydrogen-bond acceptors (Lipinski definition) is 2. The SMILES string of the molecule is Cc1cc(C)c(CNCCc2nccn2C)c(C)c1. The third kappa shape index (κ3) is 3.44. The Bertz CT molecular complexity index is 532. The summed E-state index contributed by atoms with van der Waals surface area (Å²) in [5, 5.41) is 3.51. The van der Waals surface area contributed by atoms with Gasteiger partial charge in [-0.3, -0.25) is 0 Å². The van der Waals surface area contributed by atoms with Crippen molar-refractivity contribution in [1.82, 2.24) is 14.9 Å². The van der Waals surface area contributed by atoms with E-state index in [0.717, 1.165) is 25.3 Å². The first-order valence-corrected chi connectivity index (χ1v) is 6.81. The van der Waals surface area contributed by atoms with Crippen LogP contribution < -0.4 is 5.32 Å². The van der Waals surface area contributed by atoms with Gasteiger partial charge >= 0.3 is 0 Å². The highest BCUT2D eigenvalue weighted by Crippen LogP contribution is 2.15. The Morgan fingerprint density at radius 1 is 1.16 bits per heavy atom. The normalized spacial score (nSPS) is 10.9. The van der Waals surface area contributed by atoms with E-state index in [-0.39, 0.29) is 0 Å². The first kappa shape index (κ1) is 13.8. The third-order valence-corrected chi connectivity index (χ3v) is 3.59. The quantitative estimate of drug-likeness (QED) is 0.835. The lowest BCUT2D eigenvalue weighted by atomic mass is 10.00. The number of imidazole rings is 1.